The van der Waals surface area contributed by atoms with Crippen molar-refractivity contribution >= 4 is 5.91 Å². The van der Waals surface area contributed by atoms with Gasteiger partial charge in [-0.3, -0.25) is 4.79 Å². The summed E-state index contributed by atoms with van der Waals surface area (Å²) in [6.45, 7) is 3.16. The molecule has 120 valence electrons. The van der Waals surface area contributed by atoms with Crippen molar-refractivity contribution in [3.8, 4) is 5.75 Å². The van der Waals surface area contributed by atoms with Crippen LogP contribution in [0.4, 0.5) is 0 Å². The highest BCUT2D eigenvalue weighted by Gasteiger charge is 2.52. The van der Waals surface area contributed by atoms with Crippen molar-refractivity contribution in [2.45, 2.75) is 25.2 Å². The number of hydrogen-bond donors (Lipinski definition) is 0. The molecule has 3 heteroatoms. The number of carbonyl (C=O) groups is 1. The molecule has 23 heavy (non-hydrogen) atoms. The highest BCUT2D eigenvalue weighted by Crippen LogP contribution is 2.49. The molecule has 1 amide bonds. The summed E-state index contributed by atoms with van der Waals surface area (Å²) in [5.74, 6) is 1.05. The van der Waals surface area contributed by atoms with Crippen LogP contribution < -0.4 is 4.74 Å². The molecule has 0 aliphatic heterocycles. The monoisotopic (exact) mass is 309 g/mol. The number of amides is 1. The van der Waals surface area contributed by atoms with E-state index in [0.29, 0.717) is 13.2 Å². The van der Waals surface area contributed by atoms with E-state index in [-0.39, 0.29) is 11.3 Å². The van der Waals surface area contributed by atoms with Crippen LogP contribution in [0.25, 0.3) is 0 Å². The lowest BCUT2D eigenvalue weighted by Gasteiger charge is -2.24. The predicted molar refractivity (Wildman–Crippen MR) is 91.7 cm³/mol. The summed E-state index contributed by atoms with van der Waals surface area (Å²) < 4.78 is 5.73. The minimum atomic E-state index is -0.292. The summed E-state index contributed by atoms with van der Waals surface area (Å²) in [5, 5.41) is 0. The number of rotatable bonds is 6. The first-order chi connectivity index (χ1) is 11.1. The van der Waals surface area contributed by atoms with E-state index in [0.717, 1.165) is 24.2 Å². The maximum atomic E-state index is 12.8. The number of benzene rings is 2. The topological polar surface area (TPSA) is 29.5 Å². The summed E-state index contributed by atoms with van der Waals surface area (Å²) in [7, 11) is 1.86. The summed E-state index contributed by atoms with van der Waals surface area (Å²) in [6.07, 6.45) is 1.89. The van der Waals surface area contributed by atoms with Crippen molar-refractivity contribution in [3.63, 3.8) is 0 Å². The van der Waals surface area contributed by atoms with Crippen LogP contribution in [-0.4, -0.2) is 31.0 Å². The van der Waals surface area contributed by atoms with E-state index in [9.17, 15) is 4.79 Å². The number of ether oxygens (including phenoxy) is 1. The Morgan fingerprint density at radius 3 is 2.35 bits per heavy atom. The maximum Gasteiger partial charge on any atom is 0.233 e. The van der Waals surface area contributed by atoms with Crippen molar-refractivity contribution < 1.29 is 9.53 Å². The lowest BCUT2D eigenvalue weighted by molar-refractivity contribution is -0.133. The second-order valence-electron chi connectivity index (χ2n) is 6.34. The van der Waals surface area contributed by atoms with E-state index in [1.807, 2.05) is 49.5 Å². The molecular weight excluding hydrogens is 286 g/mol. The fraction of sp³-hybridized carbons (Fsp3) is 0.350. The molecule has 0 heterocycles. The van der Waals surface area contributed by atoms with Gasteiger partial charge in [0.1, 0.15) is 12.4 Å². The fourth-order valence-corrected chi connectivity index (χ4v) is 2.91. The van der Waals surface area contributed by atoms with Crippen LogP contribution in [-0.2, 0) is 10.2 Å². The Kier molecular flexibility index (Phi) is 4.37. The normalized spacial score (nSPS) is 15.0. The summed E-state index contributed by atoms with van der Waals surface area (Å²) in [4.78, 5) is 14.6. The smallest absolute Gasteiger partial charge is 0.233 e. The minimum Gasteiger partial charge on any atom is -0.492 e. The number of hydrogen-bond acceptors (Lipinski definition) is 2. The standard InChI is InChI=1S/C20H23NO2/c1-16-8-10-18(11-9-16)23-15-14-21(2)19(22)20(12-13-20)17-6-4-3-5-7-17/h3-11H,12-15H2,1-2H3. The van der Waals surface area contributed by atoms with Crippen LogP contribution in [0.15, 0.2) is 54.6 Å². The maximum absolute atomic E-state index is 12.8. The molecule has 0 atom stereocenters. The Labute approximate surface area is 137 Å². The zero-order valence-corrected chi connectivity index (χ0v) is 13.8. The van der Waals surface area contributed by atoms with Crippen LogP contribution in [0.3, 0.4) is 0 Å². The van der Waals surface area contributed by atoms with Gasteiger partial charge in [0, 0.05) is 7.05 Å². The van der Waals surface area contributed by atoms with Crippen LogP contribution >= 0.6 is 0 Å². The molecule has 1 aliphatic carbocycles. The van der Waals surface area contributed by atoms with Gasteiger partial charge in [-0.2, -0.15) is 0 Å². The van der Waals surface area contributed by atoms with Crippen molar-refractivity contribution in [1.82, 2.24) is 4.90 Å². The Morgan fingerprint density at radius 2 is 1.74 bits per heavy atom. The Balaban J connectivity index is 1.55. The van der Waals surface area contributed by atoms with E-state index in [2.05, 4.69) is 19.1 Å². The average Bonchev–Trinajstić information content (AvgIpc) is 3.38. The molecule has 0 saturated heterocycles. The van der Waals surface area contributed by atoms with Crippen molar-refractivity contribution in [2.75, 3.05) is 20.2 Å². The molecular formula is C20H23NO2. The quantitative estimate of drug-likeness (QED) is 0.816. The molecule has 1 aliphatic rings. The first-order valence-corrected chi connectivity index (χ1v) is 8.12. The second-order valence-corrected chi connectivity index (χ2v) is 6.34. The highest BCUT2D eigenvalue weighted by atomic mass is 16.5. The van der Waals surface area contributed by atoms with Gasteiger partial charge >= 0.3 is 0 Å². The van der Waals surface area contributed by atoms with E-state index < -0.39 is 0 Å². The highest BCUT2D eigenvalue weighted by molar-refractivity contribution is 5.91. The van der Waals surface area contributed by atoms with Crippen LogP contribution in [0, 0.1) is 6.92 Å². The van der Waals surface area contributed by atoms with Crippen LogP contribution in [0.2, 0.25) is 0 Å². The van der Waals surface area contributed by atoms with E-state index in [1.165, 1.54) is 5.56 Å². The second kappa shape index (κ2) is 6.45. The molecule has 0 radical (unpaired) electrons. The lowest BCUT2D eigenvalue weighted by atomic mass is 9.94. The van der Waals surface area contributed by atoms with Crippen molar-refractivity contribution in [2.24, 2.45) is 0 Å². The van der Waals surface area contributed by atoms with E-state index in [4.69, 9.17) is 4.74 Å². The van der Waals surface area contributed by atoms with Gasteiger partial charge in [0.15, 0.2) is 0 Å². The molecule has 0 aromatic heterocycles. The predicted octanol–water partition coefficient (Wildman–Crippen LogP) is 3.56. The van der Waals surface area contributed by atoms with Gasteiger partial charge < -0.3 is 9.64 Å². The van der Waals surface area contributed by atoms with Gasteiger partial charge in [-0.15, -0.1) is 0 Å². The number of nitrogens with zero attached hydrogens (tertiary/aromatic N) is 1. The largest absolute Gasteiger partial charge is 0.492 e. The number of aryl methyl sites for hydroxylation is 1. The molecule has 0 spiro atoms. The number of carbonyl (C=O) groups excluding carboxylic acids is 1. The third-order valence-electron chi connectivity index (χ3n) is 4.55. The molecule has 3 rings (SSSR count). The van der Waals surface area contributed by atoms with Crippen molar-refractivity contribution in [3.05, 3.63) is 65.7 Å². The molecule has 2 aromatic carbocycles. The summed E-state index contributed by atoms with van der Waals surface area (Å²) in [5.41, 5.74) is 2.05. The van der Waals surface area contributed by atoms with Crippen LogP contribution in [0.5, 0.6) is 5.75 Å². The molecule has 2 aromatic rings. The van der Waals surface area contributed by atoms with Crippen molar-refractivity contribution in [1.29, 1.82) is 0 Å². The van der Waals surface area contributed by atoms with Gasteiger partial charge in [-0.25, -0.2) is 0 Å². The van der Waals surface area contributed by atoms with Gasteiger partial charge in [0.2, 0.25) is 5.91 Å². The Morgan fingerprint density at radius 1 is 1.09 bits per heavy atom. The molecule has 0 N–H and O–H groups in total. The SMILES string of the molecule is Cc1ccc(OCCN(C)C(=O)C2(c3ccccc3)CC2)cc1. The fourth-order valence-electron chi connectivity index (χ4n) is 2.91. The van der Waals surface area contributed by atoms with Gasteiger partial charge in [0.05, 0.1) is 12.0 Å². The van der Waals surface area contributed by atoms with Gasteiger partial charge in [-0.1, -0.05) is 48.0 Å². The molecule has 0 bridgehead atoms. The molecule has 1 saturated carbocycles. The average molecular weight is 309 g/mol. The summed E-state index contributed by atoms with van der Waals surface area (Å²) >= 11 is 0. The Hall–Kier alpha value is -2.29. The van der Waals surface area contributed by atoms with E-state index >= 15 is 0 Å². The molecule has 1 fully saturated rings. The summed E-state index contributed by atoms with van der Waals surface area (Å²) in [6, 6.07) is 18.1. The van der Waals surface area contributed by atoms with Gasteiger partial charge in [-0.05, 0) is 37.5 Å². The Bertz CT molecular complexity index is 660. The third-order valence-corrected chi connectivity index (χ3v) is 4.55. The third kappa shape index (κ3) is 3.39. The number of likely N-dealkylation sites (N-methyl/N-ethyl adjacent to an activating group) is 1. The minimum absolute atomic E-state index is 0.205. The van der Waals surface area contributed by atoms with Crippen LogP contribution in [0.1, 0.15) is 24.0 Å². The zero-order chi connectivity index (χ0) is 16.3. The first kappa shape index (κ1) is 15.6. The molecule has 3 nitrogen and oxygen atoms in total. The molecule has 0 unspecified atom stereocenters. The van der Waals surface area contributed by atoms with Gasteiger partial charge in [0.25, 0.3) is 0 Å². The van der Waals surface area contributed by atoms with E-state index in [1.54, 1.807) is 4.90 Å². The zero-order valence-electron chi connectivity index (χ0n) is 13.8. The first-order valence-electron chi connectivity index (χ1n) is 8.12. The lowest BCUT2D eigenvalue weighted by Crippen LogP contribution is -2.38.